The summed E-state index contributed by atoms with van der Waals surface area (Å²) in [6, 6.07) is 6.71. The highest BCUT2D eigenvalue weighted by Crippen LogP contribution is 2.21. The van der Waals surface area contributed by atoms with Crippen LogP contribution in [0.15, 0.2) is 24.3 Å². The van der Waals surface area contributed by atoms with E-state index in [0.717, 1.165) is 25.5 Å². The second-order valence-corrected chi connectivity index (χ2v) is 7.55. The molecule has 1 fully saturated rings. The molecule has 1 atom stereocenters. The van der Waals surface area contributed by atoms with E-state index in [1.807, 2.05) is 0 Å². The standard InChI is InChI=1S/C14H19ClN2O3S/c1-21(19,20)16-10-13-7-2-3-8-17(13)14(18)11-5-4-6-12(15)9-11/h4-6,9,13,16H,2-3,7-8,10H2,1H3. The van der Waals surface area contributed by atoms with Gasteiger partial charge in [-0.3, -0.25) is 4.79 Å². The van der Waals surface area contributed by atoms with Crippen LogP contribution in [0.2, 0.25) is 5.02 Å². The average Bonchev–Trinajstić information content (AvgIpc) is 2.44. The van der Waals surface area contributed by atoms with Crippen molar-refractivity contribution in [2.45, 2.75) is 25.3 Å². The van der Waals surface area contributed by atoms with Gasteiger partial charge in [-0.05, 0) is 37.5 Å². The largest absolute Gasteiger partial charge is 0.334 e. The molecule has 0 spiro atoms. The van der Waals surface area contributed by atoms with Gasteiger partial charge in [-0.2, -0.15) is 0 Å². The molecule has 1 unspecified atom stereocenters. The number of nitrogens with zero attached hydrogens (tertiary/aromatic N) is 1. The molecule has 1 amide bonds. The smallest absolute Gasteiger partial charge is 0.254 e. The molecule has 0 saturated carbocycles. The highest BCUT2D eigenvalue weighted by molar-refractivity contribution is 7.88. The number of nitrogens with one attached hydrogen (secondary N) is 1. The number of sulfonamides is 1. The van der Waals surface area contributed by atoms with E-state index >= 15 is 0 Å². The van der Waals surface area contributed by atoms with E-state index in [9.17, 15) is 13.2 Å². The van der Waals surface area contributed by atoms with E-state index in [0.29, 0.717) is 17.1 Å². The van der Waals surface area contributed by atoms with Gasteiger partial charge in [-0.15, -0.1) is 0 Å². The second-order valence-electron chi connectivity index (χ2n) is 5.28. The first kappa shape index (κ1) is 16.3. The number of amides is 1. The van der Waals surface area contributed by atoms with Gasteiger partial charge in [-0.1, -0.05) is 17.7 Å². The van der Waals surface area contributed by atoms with E-state index in [1.165, 1.54) is 0 Å². The average molecular weight is 331 g/mol. The fraction of sp³-hybridized carbons (Fsp3) is 0.500. The summed E-state index contributed by atoms with van der Waals surface area (Å²) in [5.74, 6) is -0.0995. The lowest BCUT2D eigenvalue weighted by Crippen LogP contribution is -2.49. The first-order valence-electron chi connectivity index (χ1n) is 6.88. The molecule has 0 bridgehead atoms. The zero-order chi connectivity index (χ0) is 15.5. The second kappa shape index (κ2) is 6.77. The fourth-order valence-electron chi connectivity index (χ4n) is 2.52. The lowest BCUT2D eigenvalue weighted by Gasteiger charge is -2.35. The molecule has 0 aromatic heterocycles. The third kappa shape index (κ3) is 4.69. The quantitative estimate of drug-likeness (QED) is 0.916. The van der Waals surface area contributed by atoms with Crippen LogP contribution in [0.1, 0.15) is 29.6 Å². The number of halogens is 1. The molecule has 116 valence electrons. The zero-order valence-corrected chi connectivity index (χ0v) is 13.5. The van der Waals surface area contributed by atoms with Gasteiger partial charge in [0, 0.05) is 29.7 Å². The third-order valence-electron chi connectivity index (χ3n) is 3.54. The minimum atomic E-state index is -3.25. The van der Waals surface area contributed by atoms with Crippen molar-refractivity contribution in [2.75, 3.05) is 19.3 Å². The Balaban J connectivity index is 2.12. The Morgan fingerprint density at radius 2 is 2.19 bits per heavy atom. The van der Waals surface area contributed by atoms with Crippen LogP contribution in [0.3, 0.4) is 0 Å². The van der Waals surface area contributed by atoms with Crippen molar-refractivity contribution in [3.05, 3.63) is 34.9 Å². The normalized spacial score (nSPS) is 19.5. The van der Waals surface area contributed by atoms with Crippen LogP contribution in [-0.4, -0.2) is 44.6 Å². The Morgan fingerprint density at radius 1 is 1.43 bits per heavy atom. The van der Waals surface area contributed by atoms with Crippen LogP contribution in [-0.2, 0) is 10.0 Å². The minimum absolute atomic E-state index is 0.0995. The Morgan fingerprint density at radius 3 is 2.86 bits per heavy atom. The maximum Gasteiger partial charge on any atom is 0.254 e. The molecule has 0 aliphatic carbocycles. The van der Waals surface area contributed by atoms with Crippen LogP contribution in [0.5, 0.6) is 0 Å². The summed E-state index contributed by atoms with van der Waals surface area (Å²) < 4.78 is 25.0. The molecule has 2 rings (SSSR count). The Bertz CT molecular complexity index is 618. The summed E-state index contributed by atoms with van der Waals surface area (Å²) in [4.78, 5) is 14.3. The molecule has 1 N–H and O–H groups in total. The molecule has 1 aliphatic rings. The maximum absolute atomic E-state index is 12.6. The minimum Gasteiger partial charge on any atom is -0.334 e. The number of rotatable bonds is 4. The van der Waals surface area contributed by atoms with Crippen molar-refractivity contribution in [1.29, 1.82) is 0 Å². The van der Waals surface area contributed by atoms with E-state index in [-0.39, 0.29) is 18.5 Å². The molecular weight excluding hydrogens is 312 g/mol. The molecule has 1 aromatic rings. The van der Waals surface area contributed by atoms with Crippen molar-refractivity contribution in [2.24, 2.45) is 0 Å². The van der Waals surface area contributed by atoms with Crippen LogP contribution in [0.25, 0.3) is 0 Å². The van der Waals surface area contributed by atoms with Gasteiger partial charge in [0.2, 0.25) is 10.0 Å². The van der Waals surface area contributed by atoms with Crippen LogP contribution in [0.4, 0.5) is 0 Å². The first-order chi connectivity index (χ1) is 9.87. The molecule has 1 aromatic carbocycles. The summed E-state index contributed by atoms with van der Waals surface area (Å²) in [7, 11) is -3.25. The number of hydrogen-bond donors (Lipinski definition) is 1. The molecule has 21 heavy (non-hydrogen) atoms. The van der Waals surface area contributed by atoms with Crippen molar-refractivity contribution < 1.29 is 13.2 Å². The maximum atomic E-state index is 12.6. The van der Waals surface area contributed by atoms with E-state index in [4.69, 9.17) is 11.6 Å². The van der Waals surface area contributed by atoms with Gasteiger partial charge in [0.05, 0.1) is 6.26 Å². The fourth-order valence-corrected chi connectivity index (χ4v) is 3.20. The number of likely N-dealkylation sites (tertiary alicyclic amines) is 1. The number of benzene rings is 1. The van der Waals surface area contributed by atoms with E-state index in [1.54, 1.807) is 29.2 Å². The molecule has 1 heterocycles. The zero-order valence-electron chi connectivity index (χ0n) is 11.9. The molecule has 0 radical (unpaired) electrons. The molecule has 5 nitrogen and oxygen atoms in total. The summed E-state index contributed by atoms with van der Waals surface area (Å²) in [6.07, 6.45) is 3.85. The van der Waals surface area contributed by atoms with Crippen molar-refractivity contribution in [3.63, 3.8) is 0 Å². The van der Waals surface area contributed by atoms with Crippen LogP contribution >= 0.6 is 11.6 Å². The Labute approximate surface area is 130 Å². The lowest BCUT2D eigenvalue weighted by molar-refractivity contribution is 0.0619. The van der Waals surface area contributed by atoms with Crippen molar-refractivity contribution in [1.82, 2.24) is 9.62 Å². The van der Waals surface area contributed by atoms with Crippen LogP contribution < -0.4 is 4.72 Å². The predicted molar refractivity (Wildman–Crippen MR) is 83.0 cm³/mol. The van der Waals surface area contributed by atoms with Gasteiger partial charge in [0.15, 0.2) is 0 Å². The molecule has 7 heteroatoms. The highest BCUT2D eigenvalue weighted by Gasteiger charge is 2.28. The van der Waals surface area contributed by atoms with Crippen molar-refractivity contribution >= 4 is 27.5 Å². The monoisotopic (exact) mass is 330 g/mol. The third-order valence-corrected chi connectivity index (χ3v) is 4.47. The van der Waals surface area contributed by atoms with Gasteiger partial charge in [0.25, 0.3) is 5.91 Å². The number of carbonyl (C=O) groups is 1. The van der Waals surface area contributed by atoms with Gasteiger partial charge < -0.3 is 4.90 Å². The number of hydrogen-bond acceptors (Lipinski definition) is 3. The Kier molecular flexibility index (Phi) is 5.24. The molecular formula is C14H19ClN2O3S. The summed E-state index contributed by atoms with van der Waals surface area (Å²) in [5.41, 5.74) is 0.536. The molecule has 1 saturated heterocycles. The van der Waals surface area contributed by atoms with E-state index < -0.39 is 10.0 Å². The summed E-state index contributed by atoms with van der Waals surface area (Å²) in [5, 5.41) is 0.517. The lowest BCUT2D eigenvalue weighted by atomic mass is 10.0. The summed E-state index contributed by atoms with van der Waals surface area (Å²) in [6.45, 7) is 0.895. The SMILES string of the molecule is CS(=O)(=O)NCC1CCCCN1C(=O)c1cccc(Cl)c1. The van der Waals surface area contributed by atoms with Gasteiger partial charge in [-0.25, -0.2) is 13.1 Å². The van der Waals surface area contributed by atoms with Gasteiger partial charge in [0.1, 0.15) is 0 Å². The number of carbonyl (C=O) groups excluding carboxylic acids is 1. The summed E-state index contributed by atoms with van der Waals surface area (Å²) >= 11 is 5.92. The topological polar surface area (TPSA) is 66.5 Å². The van der Waals surface area contributed by atoms with E-state index in [2.05, 4.69) is 4.72 Å². The predicted octanol–water partition coefficient (Wildman–Crippen LogP) is 1.88. The number of piperidine rings is 1. The Hall–Kier alpha value is -1.11. The highest BCUT2D eigenvalue weighted by atomic mass is 35.5. The van der Waals surface area contributed by atoms with Crippen molar-refractivity contribution in [3.8, 4) is 0 Å². The van der Waals surface area contributed by atoms with Crippen LogP contribution in [0, 0.1) is 0 Å². The first-order valence-corrected chi connectivity index (χ1v) is 9.15. The van der Waals surface area contributed by atoms with Gasteiger partial charge >= 0.3 is 0 Å². The molecule has 1 aliphatic heterocycles.